The van der Waals surface area contributed by atoms with Crippen LogP contribution in [0.15, 0.2) is 29.5 Å². The van der Waals surface area contributed by atoms with E-state index in [1.165, 1.54) is 0 Å². The summed E-state index contributed by atoms with van der Waals surface area (Å²) in [6.45, 7) is 9.71. The third-order valence-electron chi connectivity index (χ3n) is 4.20. The van der Waals surface area contributed by atoms with Gasteiger partial charge in [-0.05, 0) is 66.7 Å². The van der Waals surface area contributed by atoms with Crippen molar-refractivity contribution >= 4 is 0 Å². The van der Waals surface area contributed by atoms with Gasteiger partial charge < -0.3 is 15.3 Å². The Labute approximate surface area is 140 Å². The van der Waals surface area contributed by atoms with Crippen molar-refractivity contribution in [2.24, 2.45) is 5.92 Å². The van der Waals surface area contributed by atoms with E-state index in [-0.39, 0.29) is 17.8 Å². The van der Waals surface area contributed by atoms with Crippen LogP contribution in [0.2, 0.25) is 0 Å². The van der Waals surface area contributed by atoms with Gasteiger partial charge in [0.2, 0.25) is 0 Å². The van der Waals surface area contributed by atoms with Crippen LogP contribution in [0.5, 0.6) is 5.75 Å². The van der Waals surface area contributed by atoms with E-state index < -0.39 is 6.10 Å². The van der Waals surface area contributed by atoms with Gasteiger partial charge in [-0.2, -0.15) is 0 Å². The molecule has 2 atom stereocenters. The maximum atomic E-state index is 10.3. The number of rotatable bonds is 7. The van der Waals surface area contributed by atoms with Gasteiger partial charge in [0.25, 0.3) is 0 Å². The SMILES string of the molecule is CCC(=C=CC[C@@H](O)c1cc(C)c(O)c(C)c1)C[C@@H](O)C(C)C. The van der Waals surface area contributed by atoms with E-state index in [1.54, 1.807) is 0 Å². The predicted molar refractivity (Wildman–Crippen MR) is 94.5 cm³/mol. The first-order chi connectivity index (χ1) is 10.8. The summed E-state index contributed by atoms with van der Waals surface area (Å²) in [5, 5.41) is 30.1. The first-order valence-electron chi connectivity index (χ1n) is 8.35. The summed E-state index contributed by atoms with van der Waals surface area (Å²) in [6.07, 6.45) is 2.80. The molecule has 0 fully saturated rings. The molecule has 0 heterocycles. The summed E-state index contributed by atoms with van der Waals surface area (Å²) in [5.74, 6) is 0.513. The quantitative estimate of drug-likeness (QED) is 0.656. The Morgan fingerprint density at radius 2 is 1.74 bits per heavy atom. The highest BCUT2D eigenvalue weighted by Gasteiger charge is 2.11. The summed E-state index contributed by atoms with van der Waals surface area (Å²) in [5.41, 5.74) is 6.63. The van der Waals surface area contributed by atoms with Crippen LogP contribution in [0, 0.1) is 19.8 Å². The summed E-state index contributed by atoms with van der Waals surface area (Å²) >= 11 is 0. The van der Waals surface area contributed by atoms with Gasteiger partial charge in [-0.1, -0.05) is 20.8 Å². The number of aryl methyl sites for hydroxylation is 2. The average molecular weight is 318 g/mol. The van der Waals surface area contributed by atoms with Gasteiger partial charge >= 0.3 is 0 Å². The van der Waals surface area contributed by atoms with Crippen molar-refractivity contribution in [3.05, 3.63) is 46.2 Å². The molecule has 0 aromatic heterocycles. The molecule has 3 heteroatoms. The van der Waals surface area contributed by atoms with Crippen molar-refractivity contribution in [1.29, 1.82) is 0 Å². The zero-order valence-corrected chi connectivity index (χ0v) is 14.9. The molecule has 128 valence electrons. The largest absolute Gasteiger partial charge is 0.507 e. The number of aromatic hydroxyl groups is 1. The lowest BCUT2D eigenvalue weighted by Gasteiger charge is -2.14. The number of hydrogen-bond donors (Lipinski definition) is 3. The van der Waals surface area contributed by atoms with Gasteiger partial charge in [0.1, 0.15) is 5.75 Å². The number of aliphatic hydroxyl groups is 2. The molecule has 1 aromatic carbocycles. The lowest BCUT2D eigenvalue weighted by atomic mass is 9.97. The lowest BCUT2D eigenvalue weighted by Crippen LogP contribution is -2.14. The fourth-order valence-electron chi connectivity index (χ4n) is 2.43. The van der Waals surface area contributed by atoms with Gasteiger partial charge in [-0.15, -0.1) is 5.73 Å². The molecule has 3 nitrogen and oxygen atoms in total. The van der Waals surface area contributed by atoms with Gasteiger partial charge in [-0.25, -0.2) is 0 Å². The van der Waals surface area contributed by atoms with Crippen LogP contribution in [0.3, 0.4) is 0 Å². The second-order valence-corrected chi connectivity index (χ2v) is 6.58. The van der Waals surface area contributed by atoms with Crippen LogP contribution in [0.25, 0.3) is 0 Å². The number of phenolic OH excluding ortho intramolecular Hbond substituents is 1. The number of aliphatic hydroxyl groups excluding tert-OH is 2. The number of phenols is 1. The first-order valence-corrected chi connectivity index (χ1v) is 8.35. The van der Waals surface area contributed by atoms with E-state index >= 15 is 0 Å². The Morgan fingerprint density at radius 3 is 2.22 bits per heavy atom. The normalized spacial score (nSPS) is 13.6. The topological polar surface area (TPSA) is 60.7 Å². The molecule has 0 aliphatic rings. The summed E-state index contributed by atoms with van der Waals surface area (Å²) in [4.78, 5) is 0. The van der Waals surface area contributed by atoms with E-state index in [2.05, 4.69) is 5.73 Å². The van der Waals surface area contributed by atoms with Crippen molar-refractivity contribution in [1.82, 2.24) is 0 Å². The summed E-state index contributed by atoms with van der Waals surface area (Å²) in [6, 6.07) is 3.63. The van der Waals surface area contributed by atoms with E-state index in [1.807, 2.05) is 52.8 Å². The Kier molecular flexibility index (Phi) is 7.57. The Morgan fingerprint density at radius 1 is 1.17 bits per heavy atom. The van der Waals surface area contributed by atoms with Crippen molar-refractivity contribution in [3.8, 4) is 5.75 Å². The molecule has 0 saturated heterocycles. The minimum Gasteiger partial charge on any atom is -0.507 e. The molecule has 23 heavy (non-hydrogen) atoms. The first kappa shape index (κ1) is 19.5. The summed E-state index contributed by atoms with van der Waals surface area (Å²) < 4.78 is 0. The monoisotopic (exact) mass is 318 g/mol. The highest BCUT2D eigenvalue weighted by molar-refractivity contribution is 5.42. The molecule has 0 unspecified atom stereocenters. The van der Waals surface area contributed by atoms with Gasteiger partial charge in [0.15, 0.2) is 0 Å². The number of benzene rings is 1. The van der Waals surface area contributed by atoms with E-state index in [0.717, 1.165) is 28.7 Å². The van der Waals surface area contributed by atoms with Crippen molar-refractivity contribution in [2.75, 3.05) is 0 Å². The van der Waals surface area contributed by atoms with Crippen molar-refractivity contribution in [2.45, 2.75) is 66.1 Å². The van der Waals surface area contributed by atoms with Crippen LogP contribution >= 0.6 is 0 Å². The second kappa shape index (κ2) is 8.93. The lowest BCUT2D eigenvalue weighted by molar-refractivity contribution is 0.125. The Hall–Kier alpha value is -1.54. The van der Waals surface area contributed by atoms with E-state index in [4.69, 9.17) is 0 Å². The van der Waals surface area contributed by atoms with Crippen LogP contribution in [0.1, 0.15) is 62.8 Å². The van der Waals surface area contributed by atoms with Crippen LogP contribution < -0.4 is 0 Å². The minimum absolute atomic E-state index is 0.229. The van der Waals surface area contributed by atoms with E-state index in [9.17, 15) is 15.3 Å². The molecule has 3 N–H and O–H groups in total. The smallest absolute Gasteiger partial charge is 0.121 e. The van der Waals surface area contributed by atoms with Gasteiger partial charge in [-0.3, -0.25) is 0 Å². The molecule has 0 aliphatic heterocycles. The molecule has 0 aliphatic carbocycles. The molecule has 0 bridgehead atoms. The molecule has 0 radical (unpaired) electrons. The van der Waals surface area contributed by atoms with Crippen molar-refractivity contribution in [3.63, 3.8) is 0 Å². The minimum atomic E-state index is -0.617. The zero-order chi connectivity index (χ0) is 17.6. The second-order valence-electron chi connectivity index (χ2n) is 6.58. The molecular weight excluding hydrogens is 288 g/mol. The van der Waals surface area contributed by atoms with Crippen LogP contribution in [-0.4, -0.2) is 21.4 Å². The standard InChI is InChI=1S/C20H30O3/c1-6-16(12-19(22)13(2)3)8-7-9-18(21)17-10-14(4)20(23)15(5)11-17/h7,10-11,13,18-19,21-23H,6,9,12H2,1-5H3/t8?,18-,19-/m1/s1. The molecule has 0 saturated carbocycles. The molecule has 1 aromatic rings. The van der Waals surface area contributed by atoms with Crippen LogP contribution in [0.4, 0.5) is 0 Å². The third kappa shape index (κ3) is 5.87. The average Bonchev–Trinajstić information content (AvgIpc) is 2.50. The Bertz CT molecular complexity index is 558. The third-order valence-corrected chi connectivity index (χ3v) is 4.20. The molecule has 0 amide bonds. The fraction of sp³-hybridized carbons (Fsp3) is 0.550. The van der Waals surface area contributed by atoms with Gasteiger partial charge in [0, 0.05) is 12.8 Å². The zero-order valence-electron chi connectivity index (χ0n) is 14.9. The summed E-state index contributed by atoms with van der Waals surface area (Å²) in [7, 11) is 0. The molecule has 0 spiro atoms. The highest BCUT2D eigenvalue weighted by atomic mass is 16.3. The predicted octanol–water partition coefficient (Wildman–Crippen LogP) is 4.33. The fourth-order valence-corrected chi connectivity index (χ4v) is 2.43. The molecule has 1 rings (SSSR count). The Balaban J connectivity index is 2.80. The molecular formula is C20H30O3. The maximum absolute atomic E-state index is 10.3. The van der Waals surface area contributed by atoms with E-state index in [0.29, 0.717) is 12.8 Å². The maximum Gasteiger partial charge on any atom is 0.121 e. The van der Waals surface area contributed by atoms with Crippen molar-refractivity contribution < 1.29 is 15.3 Å². The van der Waals surface area contributed by atoms with Gasteiger partial charge in [0.05, 0.1) is 12.2 Å². The van der Waals surface area contributed by atoms with Crippen LogP contribution in [-0.2, 0) is 0 Å². The highest BCUT2D eigenvalue weighted by Crippen LogP contribution is 2.27. The number of hydrogen-bond acceptors (Lipinski definition) is 3.